The largest absolute Gasteiger partial charge is 0.288 e. The number of nitro benzene ring substituents is 1. The molecular formula is C7H6N2O4. The van der Waals surface area contributed by atoms with Gasteiger partial charge in [-0.05, 0) is 12.1 Å². The zero-order valence-corrected chi connectivity index (χ0v) is 6.43. The van der Waals surface area contributed by atoms with Crippen molar-refractivity contribution in [3.8, 4) is 0 Å². The van der Waals surface area contributed by atoms with E-state index >= 15 is 0 Å². The van der Waals surface area contributed by atoms with E-state index in [1.165, 1.54) is 29.7 Å². The van der Waals surface area contributed by atoms with Crippen LogP contribution in [0.2, 0.25) is 0 Å². The third kappa shape index (κ3) is 2.00. The van der Waals surface area contributed by atoms with E-state index < -0.39 is 10.8 Å². The quantitative estimate of drug-likeness (QED) is 0.305. The maximum absolute atomic E-state index is 10.8. The zero-order valence-electron chi connectivity index (χ0n) is 6.43. The van der Waals surface area contributed by atoms with Crippen LogP contribution in [0.1, 0.15) is 10.4 Å². The van der Waals surface area contributed by atoms with Crippen molar-refractivity contribution in [2.24, 2.45) is 0 Å². The number of nitrogens with zero attached hydrogens (tertiary/aromatic N) is 1. The molecule has 0 aliphatic heterocycles. The third-order valence-electron chi connectivity index (χ3n) is 1.44. The van der Waals surface area contributed by atoms with E-state index in [2.05, 4.69) is 0 Å². The summed E-state index contributed by atoms with van der Waals surface area (Å²) in [5, 5.41) is 18.4. The van der Waals surface area contributed by atoms with Gasteiger partial charge in [-0.3, -0.25) is 20.1 Å². The highest BCUT2D eigenvalue weighted by molar-refractivity contribution is 5.93. The van der Waals surface area contributed by atoms with Crippen molar-refractivity contribution in [2.45, 2.75) is 0 Å². The van der Waals surface area contributed by atoms with Crippen molar-refractivity contribution in [1.29, 1.82) is 0 Å². The average molecular weight is 183 g/mol. The van der Waals surface area contributed by atoms with Crippen molar-refractivity contribution in [2.75, 3.05) is 0 Å². The second-order valence-electron chi connectivity index (χ2n) is 2.24. The molecule has 0 radical (unpaired) electrons. The SMILES string of the molecule is O=[13C](NO)c1ccc([N+](=O)[O-])cc1. The van der Waals surface area contributed by atoms with Crippen molar-refractivity contribution < 1.29 is 14.9 Å². The van der Waals surface area contributed by atoms with Gasteiger partial charge in [-0.2, -0.15) is 0 Å². The van der Waals surface area contributed by atoms with Gasteiger partial charge in [0.25, 0.3) is 11.6 Å². The molecule has 0 aromatic heterocycles. The molecule has 2 N–H and O–H groups in total. The molecule has 0 spiro atoms. The van der Waals surface area contributed by atoms with Gasteiger partial charge in [0.15, 0.2) is 0 Å². The summed E-state index contributed by atoms with van der Waals surface area (Å²) in [4.78, 5) is 20.4. The van der Waals surface area contributed by atoms with Crippen molar-refractivity contribution in [3.05, 3.63) is 39.9 Å². The van der Waals surface area contributed by atoms with Crippen LogP contribution in [0.25, 0.3) is 0 Å². The fraction of sp³-hybridized carbons (Fsp3) is 0. The first-order chi connectivity index (χ1) is 6.15. The Labute approximate surface area is 72.9 Å². The second kappa shape index (κ2) is 3.63. The average Bonchev–Trinajstić information content (AvgIpc) is 2.17. The topological polar surface area (TPSA) is 92.5 Å². The first-order valence-electron chi connectivity index (χ1n) is 3.34. The highest BCUT2D eigenvalue weighted by Gasteiger charge is 2.07. The van der Waals surface area contributed by atoms with E-state index in [1.807, 2.05) is 0 Å². The first-order valence-corrected chi connectivity index (χ1v) is 3.34. The Morgan fingerprint density at radius 2 is 1.92 bits per heavy atom. The minimum Gasteiger partial charge on any atom is -0.288 e. The summed E-state index contributed by atoms with van der Waals surface area (Å²) in [6.45, 7) is 0. The molecule has 13 heavy (non-hydrogen) atoms. The number of hydrogen-bond acceptors (Lipinski definition) is 4. The minimum absolute atomic E-state index is 0.102. The van der Waals surface area contributed by atoms with E-state index in [1.54, 1.807) is 0 Å². The number of non-ortho nitro benzene ring substituents is 1. The first kappa shape index (κ1) is 9.14. The molecule has 0 aliphatic rings. The van der Waals surface area contributed by atoms with Gasteiger partial charge in [0.05, 0.1) is 4.92 Å². The Bertz CT molecular complexity index is 333. The lowest BCUT2D eigenvalue weighted by molar-refractivity contribution is -0.384. The Hall–Kier alpha value is -1.95. The van der Waals surface area contributed by atoms with Crippen molar-refractivity contribution in [3.63, 3.8) is 0 Å². The number of rotatable bonds is 2. The highest BCUT2D eigenvalue weighted by Crippen LogP contribution is 2.11. The Balaban J connectivity index is 2.93. The highest BCUT2D eigenvalue weighted by atomic mass is 16.6. The van der Waals surface area contributed by atoms with Gasteiger partial charge in [0.2, 0.25) is 0 Å². The fourth-order valence-electron chi connectivity index (χ4n) is 0.799. The molecule has 0 saturated carbocycles. The van der Waals surface area contributed by atoms with Crippen LogP contribution in [0.5, 0.6) is 0 Å². The van der Waals surface area contributed by atoms with Crippen LogP contribution in [-0.4, -0.2) is 16.0 Å². The van der Waals surface area contributed by atoms with Gasteiger partial charge in [0.1, 0.15) is 0 Å². The van der Waals surface area contributed by atoms with Gasteiger partial charge in [-0.25, -0.2) is 5.48 Å². The van der Waals surface area contributed by atoms with E-state index in [9.17, 15) is 14.9 Å². The molecule has 0 atom stereocenters. The van der Waals surface area contributed by atoms with Crippen LogP contribution < -0.4 is 5.48 Å². The number of hydrogen-bond donors (Lipinski definition) is 2. The molecular weight excluding hydrogens is 177 g/mol. The number of carbonyl (C=O) groups excluding carboxylic acids is 1. The van der Waals surface area contributed by atoms with Gasteiger partial charge in [0, 0.05) is 17.7 Å². The molecule has 0 fully saturated rings. The molecule has 1 aromatic rings. The van der Waals surface area contributed by atoms with E-state index in [0.29, 0.717) is 0 Å². The maximum atomic E-state index is 10.8. The van der Waals surface area contributed by atoms with Crippen LogP contribution in [0, 0.1) is 10.1 Å². The Morgan fingerprint density at radius 1 is 1.38 bits per heavy atom. The van der Waals surface area contributed by atoms with Crippen molar-refractivity contribution >= 4 is 11.6 Å². The number of carbonyl (C=O) groups is 1. The molecule has 6 nitrogen and oxygen atoms in total. The molecule has 0 aliphatic carbocycles. The fourth-order valence-corrected chi connectivity index (χ4v) is 0.799. The summed E-state index contributed by atoms with van der Waals surface area (Å²) in [5.74, 6) is -0.699. The maximum Gasteiger partial charge on any atom is 0.274 e. The smallest absolute Gasteiger partial charge is 0.274 e. The molecule has 1 amide bonds. The summed E-state index contributed by atoms with van der Waals surface area (Å²) >= 11 is 0. The molecule has 68 valence electrons. The summed E-state index contributed by atoms with van der Waals surface area (Å²) in [5.41, 5.74) is 1.48. The number of hydroxylamine groups is 1. The van der Waals surface area contributed by atoms with Crippen LogP contribution >= 0.6 is 0 Å². The zero-order chi connectivity index (χ0) is 9.84. The van der Waals surface area contributed by atoms with Gasteiger partial charge >= 0.3 is 0 Å². The summed E-state index contributed by atoms with van der Waals surface area (Å²) in [6, 6.07) is 4.88. The predicted molar refractivity (Wildman–Crippen MR) is 42.3 cm³/mol. The molecule has 1 rings (SSSR count). The molecule has 6 heteroatoms. The van der Waals surface area contributed by atoms with E-state index in [-0.39, 0.29) is 11.3 Å². The summed E-state index contributed by atoms with van der Waals surface area (Å²) in [7, 11) is 0. The molecule has 0 unspecified atom stereocenters. The van der Waals surface area contributed by atoms with E-state index in [4.69, 9.17) is 5.21 Å². The predicted octanol–water partition coefficient (Wildman–Crippen LogP) is 0.714. The van der Waals surface area contributed by atoms with E-state index in [0.717, 1.165) is 0 Å². The summed E-state index contributed by atoms with van der Waals surface area (Å²) in [6.07, 6.45) is 0. The number of amides is 1. The monoisotopic (exact) mass is 183 g/mol. The van der Waals surface area contributed by atoms with Crippen LogP contribution in [0.3, 0.4) is 0 Å². The summed E-state index contributed by atoms with van der Waals surface area (Å²) < 4.78 is 0. The molecule has 1 aromatic carbocycles. The molecule has 0 heterocycles. The molecule has 0 saturated heterocycles. The lowest BCUT2D eigenvalue weighted by Gasteiger charge is -1.96. The van der Waals surface area contributed by atoms with Crippen LogP contribution in [0.4, 0.5) is 5.69 Å². The van der Waals surface area contributed by atoms with Crippen molar-refractivity contribution in [1.82, 2.24) is 5.48 Å². The minimum atomic E-state index is -0.699. The lowest BCUT2D eigenvalue weighted by atomic mass is 10.2. The normalized spacial score (nSPS) is 9.31. The number of nitro groups is 1. The lowest BCUT2D eigenvalue weighted by Crippen LogP contribution is -2.18. The van der Waals surface area contributed by atoms with Gasteiger partial charge in [-0.1, -0.05) is 0 Å². The van der Waals surface area contributed by atoms with Gasteiger partial charge < -0.3 is 0 Å². The Morgan fingerprint density at radius 3 is 2.31 bits per heavy atom. The number of nitrogens with one attached hydrogen (secondary N) is 1. The van der Waals surface area contributed by atoms with Crippen LogP contribution in [0.15, 0.2) is 24.3 Å². The van der Waals surface area contributed by atoms with Gasteiger partial charge in [-0.15, -0.1) is 0 Å². The Kier molecular flexibility index (Phi) is 2.56. The molecule has 0 bridgehead atoms. The number of benzene rings is 1. The standard InChI is InChI=1S/C7H6N2O4/c10-7(8-11)5-1-3-6(4-2-5)9(12)13/h1-4,11H,(H,8,10)/i7+1. The second-order valence-corrected chi connectivity index (χ2v) is 2.24. The third-order valence-corrected chi connectivity index (χ3v) is 1.44. The van der Waals surface area contributed by atoms with Crippen LogP contribution in [-0.2, 0) is 0 Å².